The van der Waals surface area contributed by atoms with Gasteiger partial charge in [0.15, 0.2) is 0 Å². The molecule has 2 aliphatic rings. The average molecular weight is 253 g/mol. The highest BCUT2D eigenvalue weighted by molar-refractivity contribution is 5.70. The summed E-state index contributed by atoms with van der Waals surface area (Å²) in [6.07, 6.45) is 5.44. The van der Waals surface area contributed by atoms with E-state index in [1.54, 1.807) is 0 Å². The molecule has 2 rings (SSSR count). The van der Waals surface area contributed by atoms with E-state index in [0.717, 1.165) is 38.5 Å². The van der Waals surface area contributed by atoms with Gasteiger partial charge in [0, 0.05) is 18.5 Å². The van der Waals surface area contributed by atoms with Crippen LogP contribution < -0.4 is 0 Å². The Morgan fingerprint density at radius 3 is 2.61 bits per heavy atom. The Morgan fingerprint density at radius 1 is 1.44 bits per heavy atom. The molecule has 1 saturated carbocycles. The maximum Gasteiger partial charge on any atom is 0.410 e. The van der Waals surface area contributed by atoms with Crippen molar-refractivity contribution in [1.82, 2.24) is 4.90 Å². The minimum atomic E-state index is -0.438. The Morgan fingerprint density at radius 2 is 2.11 bits per heavy atom. The maximum absolute atomic E-state index is 12.2. The van der Waals surface area contributed by atoms with E-state index in [1.807, 2.05) is 25.7 Å². The summed E-state index contributed by atoms with van der Waals surface area (Å²) in [5.41, 5.74) is -0.429. The second-order valence-corrected chi connectivity index (χ2v) is 6.62. The number of ether oxygens (including phenoxy) is 1. The first-order chi connectivity index (χ1) is 8.36. The highest BCUT2D eigenvalue weighted by Gasteiger charge is 2.54. The first-order valence-electron chi connectivity index (χ1n) is 6.81. The van der Waals surface area contributed by atoms with E-state index in [0.29, 0.717) is 12.3 Å². The van der Waals surface area contributed by atoms with Gasteiger partial charge in [0.2, 0.25) is 0 Å². The smallest absolute Gasteiger partial charge is 0.410 e. The van der Waals surface area contributed by atoms with Crippen molar-refractivity contribution >= 4 is 12.4 Å². The monoisotopic (exact) mass is 253 g/mol. The lowest BCUT2D eigenvalue weighted by Gasteiger charge is -2.40. The summed E-state index contributed by atoms with van der Waals surface area (Å²) in [5, 5.41) is 0. The van der Waals surface area contributed by atoms with E-state index < -0.39 is 5.60 Å². The molecule has 0 aromatic heterocycles. The first kappa shape index (κ1) is 13.4. The lowest BCUT2D eigenvalue weighted by atomic mass is 9.87. The van der Waals surface area contributed by atoms with Gasteiger partial charge < -0.3 is 14.4 Å². The van der Waals surface area contributed by atoms with Gasteiger partial charge in [-0.1, -0.05) is 0 Å². The normalized spacial score (nSPS) is 25.9. The van der Waals surface area contributed by atoms with Gasteiger partial charge in [0.25, 0.3) is 0 Å². The van der Waals surface area contributed by atoms with Gasteiger partial charge >= 0.3 is 6.09 Å². The lowest BCUT2D eigenvalue weighted by molar-refractivity contribution is -0.109. The van der Waals surface area contributed by atoms with Gasteiger partial charge in [-0.05, 0) is 52.4 Å². The van der Waals surface area contributed by atoms with E-state index in [1.165, 1.54) is 0 Å². The molecule has 0 radical (unpaired) electrons. The predicted octanol–water partition coefficient (Wildman–Crippen LogP) is 2.76. The predicted molar refractivity (Wildman–Crippen MR) is 68.3 cm³/mol. The molecule has 2 fully saturated rings. The fourth-order valence-corrected chi connectivity index (χ4v) is 2.86. The summed E-state index contributed by atoms with van der Waals surface area (Å²) in [7, 11) is 0. The Labute approximate surface area is 109 Å². The third kappa shape index (κ3) is 2.85. The molecular formula is C14H23NO3. The third-order valence-electron chi connectivity index (χ3n) is 3.87. The molecule has 0 aromatic carbocycles. The zero-order chi connectivity index (χ0) is 13.4. The molecule has 1 spiro atoms. The van der Waals surface area contributed by atoms with E-state index in [4.69, 9.17) is 4.74 Å². The Hall–Kier alpha value is -1.06. The first-order valence-corrected chi connectivity index (χ1v) is 6.81. The number of likely N-dealkylation sites (tertiary alicyclic amines) is 1. The molecule has 1 aliphatic carbocycles. The van der Waals surface area contributed by atoms with Crippen LogP contribution in [-0.4, -0.2) is 35.0 Å². The van der Waals surface area contributed by atoms with Crippen LogP contribution in [0.3, 0.4) is 0 Å². The summed E-state index contributed by atoms with van der Waals surface area (Å²) in [6, 6.07) is 0. The number of nitrogens with zero attached hydrogens (tertiary/aromatic N) is 1. The molecule has 0 aromatic rings. The van der Waals surface area contributed by atoms with Crippen molar-refractivity contribution in [2.75, 3.05) is 6.54 Å². The van der Waals surface area contributed by atoms with Crippen LogP contribution in [-0.2, 0) is 9.53 Å². The number of piperidine rings is 1. The van der Waals surface area contributed by atoms with Gasteiger partial charge in [0.05, 0.1) is 0 Å². The minimum Gasteiger partial charge on any atom is -0.444 e. The van der Waals surface area contributed by atoms with Crippen LogP contribution in [0.4, 0.5) is 4.79 Å². The molecule has 1 unspecified atom stereocenters. The minimum absolute atomic E-state index is 0.00819. The molecule has 1 amide bonds. The number of carbonyl (C=O) groups is 2. The van der Waals surface area contributed by atoms with Crippen molar-refractivity contribution in [3.63, 3.8) is 0 Å². The largest absolute Gasteiger partial charge is 0.444 e. The summed E-state index contributed by atoms with van der Waals surface area (Å²) >= 11 is 0. The number of aldehydes is 1. The maximum atomic E-state index is 12.2. The molecule has 1 aliphatic heterocycles. The van der Waals surface area contributed by atoms with Crippen molar-refractivity contribution in [3.05, 3.63) is 0 Å². The fraction of sp³-hybridized carbons (Fsp3) is 0.857. The van der Waals surface area contributed by atoms with E-state index in [-0.39, 0.29) is 11.6 Å². The Bertz CT molecular complexity index is 341. The molecule has 102 valence electrons. The van der Waals surface area contributed by atoms with Crippen LogP contribution in [0.1, 0.15) is 52.9 Å². The highest BCUT2D eigenvalue weighted by atomic mass is 16.6. The van der Waals surface area contributed by atoms with Gasteiger partial charge in [-0.2, -0.15) is 0 Å². The molecular weight excluding hydrogens is 230 g/mol. The number of hydrogen-bond donors (Lipinski definition) is 0. The quantitative estimate of drug-likeness (QED) is 0.711. The van der Waals surface area contributed by atoms with E-state index in [9.17, 15) is 9.59 Å². The summed E-state index contributed by atoms with van der Waals surface area (Å²) in [5.74, 6) is 0.448. The SMILES string of the molecule is CC(C)(C)OC(=O)N1CCC(CC=O)CC12CC2. The standard InChI is InChI=1S/C14H23NO3/c1-13(2,3)18-12(17)15-8-4-11(5-9-16)10-14(15)6-7-14/h9,11H,4-8,10H2,1-3H3. The van der Waals surface area contributed by atoms with Crippen molar-refractivity contribution in [1.29, 1.82) is 0 Å². The van der Waals surface area contributed by atoms with Crippen LogP contribution >= 0.6 is 0 Å². The zero-order valence-electron chi connectivity index (χ0n) is 11.6. The van der Waals surface area contributed by atoms with Crippen LogP contribution in [0.5, 0.6) is 0 Å². The van der Waals surface area contributed by atoms with Gasteiger partial charge in [0.1, 0.15) is 11.9 Å². The number of rotatable bonds is 2. The fourth-order valence-electron chi connectivity index (χ4n) is 2.86. The van der Waals surface area contributed by atoms with Crippen LogP contribution in [0, 0.1) is 5.92 Å². The summed E-state index contributed by atoms with van der Waals surface area (Å²) in [6.45, 7) is 6.41. The molecule has 18 heavy (non-hydrogen) atoms. The molecule has 0 bridgehead atoms. The van der Waals surface area contributed by atoms with Crippen molar-refractivity contribution in [3.8, 4) is 0 Å². The van der Waals surface area contributed by atoms with Crippen LogP contribution in [0.25, 0.3) is 0 Å². The summed E-state index contributed by atoms with van der Waals surface area (Å²) < 4.78 is 5.47. The Balaban J connectivity index is 1.99. The van der Waals surface area contributed by atoms with E-state index >= 15 is 0 Å². The zero-order valence-corrected chi connectivity index (χ0v) is 11.6. The number of carbonyl (C=O) groups excluding carboxylic acids is 2. The van der Waals surface area contributed by atoms with Gasteiger partial charge in [-0.25, -0.2) is 4.79 Å². The lowest BCUT2D eigenvalue weighted by Crippen LogP contribution is -2.49. The number of hydrogen-bond acceptors (Lipinski definition) is 3. The topological polar surface area (TPSA) is 46.6 Å². The molecule has 1 saturated heterocycles. The van der Waals surface area contributed by atoms with Crippen molar-refractivity contribution in [2.45, 2.75) is 64.0 Å². The highest BCUT2D eigenvalue weighted by Crippen LogP contribution is 2.50. The van der Waals surface area contributed by atoms with Crippen molar-refractivity contribution in [2.24, 2.45) is 5.92 Å². The second kappa shape index (κ2) is 4.56. The van der Waals surface area contributed by atoms with Gasteiger partial charge in [-0.15, -0.1) is 0 Å². The second-order valence-electron chi connectivity index (χ2n) is 6.62. The summed E-state index contributed by atoms with van der Waals surface area (Å²) in [4.78, 5) is 24.7. The van der Waals surface area contributed by atoms with Crippen LogP contribution in [0.2, 0.25) is 0 Å². The number of amides is 1. The van der Waals surface area contributed by atoms with Crippen LogP contribution in [0.15, 0.2) is 0 Å². The Kier molecular flexibility index (Phi) is 3.39. The molecule has 4 nitrogen and oxygen atoms in total. The van der Waals surface area contributed by atoms with E-state index in [2.05, 4.69) is 0 Å². The van der Waals surface area contributed by atoms with Gasteiger partial charge in [-0.3, -0.25) is 0 Å². The van der Waals surface area contributed by atoms with Crippen molar-refractivity contribution < 1.29 is 14.3 Å². The molecule has 4 heteroatoms. The average Bonchev–Trinajstić information content (AvgIpc) is 2.96. The third-order valence-corrected chi connectivity index (χ3v) is 3.87. The molecule has 1 atom stereocenters. The molecule has 1 heterocycles. The molecule has 0 N–H and O–H groups in total.